The molecule has 1 saturated carbocycles. The molecule has 1 aliphatic heterocycles. The molecule has 0 aromatic rings. The van der Waals surface area contributed by atoms with Gasteiger partial charge in [0.1, 0.15) is 0 Å². The highest BCUT2D eigenvalue weighted by Crippen LogP contribution is 2.39. The first-order valence-corrected chi connectivity index (χ1v) is 5.12. The van der Waals surface area contributed by atoms with E-state index >= 15 is 0 Å². The predicted molar refractivity (Wildman–Crippen MR) is 48.7 cm³/mol. The highest BCUT2D eigenvalue weighted by atomic mass is 16.7. The molecule has 3 atom stereocenters. The molecule has 0 amide bonds. The van der Waals surface area contributed by atoms with Crippen LogP contribution in [0.5, 0.6) is 0 Å². The normalized spacial score (nSPS) is 32.7. The molecular formula is C10H14O5. The predicted octanol–water partition coefficient (Wildman–Crippen LogP) is 0.618. The molecule has 1 saturated heterocycles. The first-order valence-electron chi connectivity index (χ1n) is 5.12. The Bertz CT molecular complexity index is 275. The fourth-order valence-electron chi connectivity index (χ4n) is 1.91. The van der Waals surface area contributed by atoms with Crippen molar-refractivity contribution in [2.45, 2.75) is 38.4 Å². The average Bonchev–Trinajstić information content (AvgIpc) is 2.94. The van der Waals surface area contributed by atoms with E-state index in [2.05, 4.69) is 4.74 Å². The van der Waals surface area contributed by atoms with Gasteiger partial charge in [-0.05, 0) is 19.3 Å². The van der Waals surface area contributed by atoms with Gasteiger partial charge < -0.3 is 14.2 Å². The molecule has 1 heterocycles. The number of rotatable bonds is 3. The number of hydrogen-bond acceptors (Lipinski definition) is 5. The molecule has 15 heavy (non-hydrogen) atoms. The van der Waals surface area contributed by atoms with E-state index in [1.54, 1.807) is 0 Å². The molecule has 0 aromatic heterocycles. The summed E-state index contributed by atoms with van der Waals surface area (Å²) in [5.74, 6) is -0.827. The highest BCUT2D eigenvalue weighted by molar-refractivity contribution is 5.73. The highest BCUT2D eigenvalue weighted by Gasteiger charge is 2.46. The monoisotopic (exact) mass is 214 g/mol. The second-order valence-electron chi connectivity index (χ2n) is 3.94. The molecular weight excluding hydrogens is 200 g/mol. The molecule has 5 heteroatoms. The van der Waals surface area contributed by atoms with Crippen LogP contribution in [-0.2, 0) is 23.8 Å². The van der Waals surface area contributed by atoms with Crippen molar-refractivity contribution in [2.24, 2.45) is 5.92 Å². The molecule has 2 rings (SSSR count). The lowest BCUT2D eigenvalue weighted by molar-refractivity contribution is -0.169. The summed E-state index contributed by atoms with van der Waals surface area (Å²) in [5, 5.41) is 0. The zero-order valence-electron chi connectivity index (χ0n) is 8.60. The third-order valence-corrected chi connectivity index (χ3v) is 2.80. The Kier molecular flexibility index (Phi) is 2.90. The van der Waals surface area contributed by atoms with Crippen LogP contribution in [0.3, 0.4) is 0 Å². The number of fused-ring (bicyclic) bond motifs is 1. The molecule has 84 valence electrons. The fraction of sp³-hybridized carbons (Fsp3) is 0.800. The Balaban J connectivity index is 1.68. The second-order valence-corrected chi connectivity index (χ2v) is 3.94. The molecule has 2 aliphatic rings. The molecule has 0 bridgehead atoms. The van der Waals surface area contributed by atoms with Crippen LogP contribution in [0.1, 0.15) is 26.2 Å². The largest absolute Gasteiger partial charge is 0.428 e. The zero-order chi connectivity index (χ0) is 10.8. The van der Waals surface area contributed by atoms with E-state index in [0.29, 0.717) is 6.10 Å². The van der Waals surface area contributed by atoms with E-state index < -0.39 is 5.97 Å². The van der Waals surface area contributed by atoms with Crippen molar-refractivity contribution in [1.82, 2.24) is 0 Å². The summed E-state index contributed by atoms with van der Waals surface area (Å²) in [4.78, 5) is 21.9. The third kappa shape index (κ3) is 2.68. The standard InChI is InChI=1S/C10H14O5/c1-6(11)13-5-14-10(12)7-2-3-8-9(4-7)15-8/h7-9H,2-5H2,1H3. The van der Waals surface area contributed by atoms with Gasteiger partial charge in [0.05, 0.1) is 18.1 Å². The molecule has 0 radical (unpaired) electrons. The van der Waals surface area contributed by atoms with Gasteiger partial charge >= 0.3 is 11.9 Å². The fourth-order valence-corrected chi connectivity index (χ4v) is 1.91. The summed E-state index contributed by atoms with van der Waals surface area (Å²) in [6.07, 6.45) is 3.11. The van der Waals surface area contributed by atoms with Crippen LogP contribution in [0.25, 0.3) is 0 Å². The van der Waals surface area contributed by atoms with Crippen molar-refractivity contribution in [3.05, 3.63) is 0 Å². The Morgan fingerprint density at radius 1 is 1.27 bits per heavy atom. The van der Waals surface area contributed by atoms with E-state index in [1.165, 1.54) is 6.92 Å². The second kappa shape index (κ2) is 4.18. The minimum Gasteiger partial charge on any atom is -0.428 e. The Morgan fingerprint density at radius 2 is 2.07 bits per heavy atom. The molecule has 0 N–H and O–H groups in total. The van der Waals surface area contributed by atoms with Gasteiger partial charge in [-0.25, -0.2) is 0 Å². The van der Waals surface area contributed by atoms with E-state index in [4.69, 9.17) is 9.47 Å². The summed E-state index contributed by atoms with van der Waals surface area (Å²) >= 11 is 0. The Hall–Kier alpha value is -1.10. The van der Waals surface area contributed by atoms with E-state index in [0.717, 1.165) is 19.3 Å². The van der Waals surface area contributed by atoms with Crippen LogP contribution in [0, 0.1) is 5.92 Å². The lowest BCUT2D eigenvalue weighted by Gasteiger charge is -2.16. The van der Waals surface area contributed by atoms with Gasteiger partial charge in [0.15, 0.2) is 0 Å². The third-order valence-electron chi connectivity index (χ3n) is 2.80. The average molecular weight is 214 g/mol. The minimum absolute atomic E-state index is 0.0932. The van der Waals surface area contributed by atoms with Crippen molar-refractivity contribution < 1.29 is 23.8 Å². The van der Waals surface area contributed by atoms with Crippen LogP contribution in [0.2, 0.25) is 0 Å². The van der Waals surface area contributed by atoms with E-state index in [1.807, 2.05) is 0 Å². The van der Waals surface area contributed by atoms with Gasteiger partial charge in [-0.2, -0.15) is 0 Å². The maximum absolute atomic E-state index is 11.5. The number of ether oxygens (including phenoxy) is 3. The summed E-state index contributed by atoms with van der Waals surface area (Å²) in [7, 11) is 0. The van der Waals surface area contributed by atoms with Gasteiger partial charge in [0, 0.05) is 6.92 Å². The van der Waals surface area contributed by atoms with Crippen LogP contribution >= 0.6 is 0 Å². The minimum atomic E-state index is -0.447. The molecule has 3 unspecified atom stereocenters. The Morgan fingerprint density at radius 3 is 2.73 bits per heavy atom. The first-order chi connectivity index (χ1) is 7.16. The molecule has 0 spiro atoms. The van der Waals surface area contributed by atoms with Gasteiger partial charge in [0.25, 0.3) is 0 Å². The number of carbonyl (C=O) groups is 2. The van der Waals surface area contributed by atoms with Crippen molar-refractivity contribution in [3.8, 4) is 0 Å². The van der Waals surface area contributed by atoms with Crippen molar-refractivity contribution in [3.63, 3.8) is 0 Å². The lowest BCUT2D eigenvalue weighted by Crippen LogP contribution is -2.25. The van der Waals surface area contributed by atoms with Gasteiger partial charge in [-0.15, -0.1) is 0 Å². The van der Waals surface area contributed by atoms with Gasteiger partial charge in [-0.1, -0.05) is 0 Å². The summed E-state index contributed by atoms with van der Waals surface area (Å²) < 4.78 is 14.7. The van der Waals surface area contributed by atoms with Crippen LogP contribution < -0.4 is 0 Å². The van der Waals surface area contributed by atoms with Crippen LogP contribution in [-0.4, -0.2) is 30.9 Å². The SMILES string of the molecule is CC(=O)OCOC(=O)C1CCC2OC2C1. The number of esters is 2. The summed E-state index contributed by atoms with van der Waals surface area (Å²) in [6, 6.07) is 0. The quantitative estimate of drug-likeness (QED) is 0.391. The topological polar surface area (TPSA) is 65.1 Å². The molecule has 5 nitrogen and oxygen atoms in total. The number of hydrogen-bond donors (Lipinski definition) is 0. The number of epoxide rings is 1. The van der Waals surface area contributed by atoms with Gasteiger partial charge in [0.2, 0.25) is 6.79 Å². The van der Waals surface area contributed by atoms with E-state index in [-0.39, 0.29) is 24.8 Å². The van der Waals surface area contributed by atoms with Crippen LogP contribution in [0.15, 0.2) is 0 Å². The van der Waals surface area contributed by atoms with E-state index in [9.17, 15) is 9.59 Å². The van der Waals surface area contributed by atoms with Crippen molar-refractivity contribution in [2.75, 3.05) is 6.79 Å². The maximum Gasteiger partial charge on any atom is 0.311 e. The molecule has 1 aliphatic carbocycles. The summed E-state index contributed by atoms with van der Waals surface area (Å²) in [6.45, 7) is 0.997. The number of carbonyl (C=O) groups excluding carboxylic acids is 2. The first kappa shape index (κ1) is 10.4. The Labute approximate surface area is 87.7 Å². The van der Waals surface area contributed by atoms with Crippen molar-refractivity contribution in [1.29, 1.82) is 0 Å². The lowest BCUT2D eigenvalue weighted by atomic mass is 9.89. The zero-order valence-corrected chi connectivity index (χ0v) is 8.60. The van der Waals surface area contributed by atoms with Crippen molar-refractivity contribution >= 4 is 11.9 Å². The smallest absolute Gasteiger partial charge is 0.311 e. The van der Waals surface area contributed by atoms with Gasteiger partial charge in [-0.3, -0.25) is 9.59 Å². The maximum atomic E-state index is 11.5. The molecule has 2 fully saturated rings. The summed E-state index contributed by atoms with van der Waals surface area (Å²) in [5.41, 5.74) is 0. The molecule has 0 aromatic carbocycles. The van der Waals surface area contributed by atoms with Crippen LogP contribution in [0.4, 0.5) is 0 Å².